The lowest BCUT2D eigenvalue weighted by Crippen LogP contribution is -2.34. The minimum atomic E-state index is -4.81. The molecule has 0 fully saturated rings. The summed E-state index contributed by atoms with van der Waals surface area (Å²) in [6.45, 7) is 10.8. The average Bonchev–Trinajstić information content (AvgIpc) is 2.64. The van der Waals surface area contributed by atoms with Crippen LogP contribution in [0.2, 0.25) is 0 Å². The normalized spacial score (nSPS) is 17.5. The van der Waals surface area contributed by atoms with E-state index in [1.54, 1.807) is 0 Å². The Morgan fingerprint density at radius 1 is 0.966 bits per heavy atom. The highest BCUT2D eigenvalue weighted by atomic mass is 19.4. The SMILES string of the molecule is CCc1cc2c(cc1-c1cc(C=O)ccc1OC(F)(F)F)C(C)(C)CCC2(C)C. The molecule has 0 heterocycles. The Morgan fingerprint density at radius 2 is 1.55 bits per heavy atom. The van der Waals surface area contributed by atoms with Crippen molar-refractivity contribution in [3.8, 4) is 16.9 Å². The van der Waals surface area contributed by atoms with E-state index in [9.17, 15) is 18.0 Å². The molecule has 0 saturated carbocycles. The van der Waals surface area contributed by atoms with E-state index in [4.69, 9.17) is 0 Å². The molecule has 0 bridgehead atoms. The third-order valence-corrected chi connectivity index (χ3v) is 6.11. The molecule has 0 unspecified atom stereocenters. The maximum absolute atomic E-state index is 13.0. The van der Waals surface area contributed by atoms with Crippen LogP contribution in [0.5, 0.6) is 5.75 Å². The first-order chi connectivity index (χ1) is 13.4. The molecular weight excluding hydrogens is 377 g/mol. The molecule has 0 saturated heterocycles. The van der Waals surface area contributed by atoms with Crippen LogP contribution in [0.3, 0.4) is 0 Å². The van der Waals surface area contributed by atoms with Gasteiger partial charge < -0.3 is 4.74 Å². The van der Waals surface area contributed by atoms with Crippen molar-refractivity contribution in [3.63, 3.8) is 0 Å². The second-order valence-electron chi connectivity index (χ2n) is 9.10. The minimum absolute atomic E-state index is 0.00322. The Balaban J connectivity index is 2.30. The zero-order chi connectivity index (χ0) is 21.6. The molecule has 0 aliphatic heterocycles. The lowest BCUT2D eigenvalue weighted by atomic mass is 9.62. The number of carbonyl (C=O) groups is 1. The van der Waals surface area contributed by atoms with Crippen LogP contribution in [0.15, 0.2) is 30.3 Å². The molecule has 156 valence electrons. The van der Waals surface area contributed by atoms with Crippen molar-refractivity contribution in [3.05, 3.63) is 52.6 Å². The van der Waals surface area contributed by atoms with Gasteiger partial charge >= 0.3 is 6.36 Å². The number of aldehydes is 1. The predicted octanol–water partition coefficient (Wildman–Crippen LogP) is 6.98. The molecule has 3 rings (SSSR count). The molecule has 0 N–H and O–H groups in total. The van der Waals surface area contributed by atoms with Crippen molar-refractivity contribution in [2.45, 2.75) is 71.1 Å². The summed E-state index contributed by atoms with van der Waals surface area (Å²) >= 11 is 0. The fourth-order valence-electron chi connectivity index (χ4n) is 4.25. The molecule has 0 atom stereocenters. The number of benzene rings is 2. The number of halogens is 3. The van der Waals surface area contributed by atoms with Gasteiger partial charge in [0.25, 0.3) is 0 Å². The molecule has 2 aromatic carbocycles. The fraction of sp³-hybridized carbons (Fsp3) is 0.458. The van der Waals surface area contributed by atoms with E-state index in [0.717, 1.165) is 24.0 Å². The van der Waals surface area contributed by atoms with Crippen LogP contribution in [0.4, 0.5) is 13.2 Å². The quantitative estimate of drug-likeness (QED) is 0.514. The van der Waals surface area contributed by atoms with Crippen LogP contribution in [0.1, 0.15) is 74.5 Å². The van der Waals surface area contributed by atoms with Gasteiger partial charge in [-0.25, -0.2) is 0 Å². The van der Waals surface area contributed by atoms with E-state index in [1.165, 1.54) is 23.8 Å². The number of fused-ring (bicyclic) bond motifs is 1. The van der Waals surface area contributed by atoms with Crippen molar-refractivity contribution in [2.75, 3.05) is 0 Å². The van der Waals surface area contributed by atoms with Crippen molar-refractivity contribution >= 4 is 6.29 Å². The summed E-state index contributed by atoms with van der Waals surface area (Å²) in [6.07, 6.45) is -1.45. The van der Waals surface area contributed by atoms with Crippen LogP contribution in [-0.2, 0) is 17.3 Å². The van der Waals surface area contributed by atoms with Gasteiger partial charge in [0.15, 0.2) is 0 Å². The van der Waals surface area contributed by atoms with Gasteiger partial charge in [-0.05, 0) is 76.6 Å². The largest absolute Gasteiger partial charge is 0.573 e. The highest BCUT2D eigenvalue weighted by Gasteiger charge is 2.38. The van der Waals surface area contributed by atoms with Gasteiger partial charge in [0.1, 0.15) is 12.0 Å². The van der Waals surface area contributed by atoms with E-state index < -0.39 is 6.36 Å². The van der Waals surface area contributed by atoms with Crippen LogP contribution < -0.4 is 4.74 Å². The lowest BCUT2D eigenvalue weighted by Gasteiger charge is -2.42. The van der Waals surface area contributed by atoms with Gasteiger partial charge in [0.2, 0.25) is 0 Å². The summed E-state index contributed by atoms with van der Waals surface area (Å²) < 4.78 is 43.3. The standard InChI is InChI=1S/C24H27F3O2/c1-6-16-12-19-20(23(4,5)10-9-22(19,2)3)13-17(16)18-11-15(14-28)7-8-21(18)29-24(25,26)27/h7-8,11-14H,6,9-10H2,1-5H3. The summed E-state index contributed by atoms with van der Waals surface area (Å²) in [7, 11) is 0. The Bertz CT molecular complexity index is 940. The molecule has 29 heavy (non-hydrogen) atoms. The van der Waals surface area contributed by atoms with Gasteiger partial charge in [-0.2, -0.15) is 0 Å². The number of hydrogen-bond acceptors (Lipinski definition) is 2. The summed E-state index contributed by atoms with van der Waals surface area (Å²) in [6, 6.07) is 8.20. The first-order valence-corrected chi connectivity index (χ1v) is 9.91. The van der Waals surface area contributed by atoms with Gasteiger partial charge in [0, 0.05) is 11.1 Å². The topological polar surface area (TPSA) is 26.3 Å². The number of ether oxygens (including phenoxy) is 1. The van der Waals surface area contributed by atoms with Gasteiger partial charge in [-0.1, -0.05) is 40.7 Å². The highest BCUT2D eigenvalue weighted by molar-refractivity contribution is 5.83. The van der Waals surface area contributed by atoms with Crippen LogP contribution in [-0.4, -0.2) is 12.6 Å². The predicted molar refractivity (Wildman–Crippen MR) is 109 cm³/mol. The summed E-state index contributed by atoms with van der Waals surface area (Å²) in [4.78, 5) is 11.3. The van der Waals surface area contributed by atoms with E-state index in [2.05, 4.69) is 38.5 Å². The van der Waals surface area contributed by atoms with Crippen molar-refractivity contribution in [2.24, 2.45) is 0 Å². The molecule has 1 aliphatic rings. The number of aryl methyl sites for hydroxylation is 1. The maximum atomic E-state index is 13.0. The fourth-order valence-corrected chi connectivity index (χ4v) is 4.25. The first-order valence-electron chi connectivity index (χ1n) is 9.91. The van der Waals surface area contributed by atoms with Crippen LogP contribution in [0.25, 0.3) is 11.1 Å². The molecular formula is C24H27F3O2. The Hall–Kier alpha value is -2.30. The molecule has 5 heteroatoms. The van der Waals surface area contributed by atoms with Gasteiger partial charge in [-0.3, -0.25) is 4.79 Å². The van der Waals surface area contributed by atoms with E-state index in [1.807, 2.05) is 13.0 Å². The minimum Gasteiger partial charge on any atom is -0.405 e. The molecule has 0 spiro atoms. The van der Waals surface area contributed by atoms with Crippen molar-refractivity contribution in [1.82, 2.24) is 0 Å². The first kappa shape index (κ1) is 21.4. The average molecular weight is 404 g/mol. The van der Waals surface area contributed by atoms with Gasteiger partial charge in [0.05, 0.1) is 0 Å². The van der Waals surface area contributed by atoms with Crippen LogP contribution >= 0.6 is 0 Å². The van der Waals surface area contributed by atoms with E-state index in [-0.39, 0.29) is 16.6 Å². The number of hydrogen-bond donors (Lipinski definition) is 0. The zero-order valence-corrected chi connectivity index (χ0v) is 17.5. The van der Waals surface area contributed by atoms with E-state index >= 15 is 0 Å². The zero-order valence-electron chi connectivity index (χ0n) is 17.5. The third-order valence-electron chi connectivity index (χ3n) is 6.11. The third kappa shape index (κ3) is 4.19. The maximum Gasteiger partial charge on any atom is 0.573 e. The highest BCUT2D eigenvalue weighted by Crippen LogP contribution is 2.48. The molecule has 2 aromatic rings. The number of alkyl halides is 3. The van der Waals surface area contributed by atoms with E-state index in [0.29, 0.717) is 29.4 Å². The van der Waals surface area contributed by atoms with Crippen molar-refractivity contribution in [1.29, 1.82) is 0 Å². The second-order valence-corrected chi connectivity index (χ2v) is 9.10. The molecule has 1 aliphatic carbocycles. The van der Waals surface area contributed by atoms with Crippen LogP contribution in [0, 0.1) is 0 Å². The molecule has 2 nitrogen and oxygen atoms in total. The second kappa shape index (κ2) is 7.19. The van der Waals surface area contributed by atoms with Gasteiger partial charge in [-0.15, -0.1) is 13.2 Å². The summed E-state index contributed by atoms with van der Waals surface area (Å²) in [5, 5.41) is 0. The summed E-state index contributed by atoms with van der Waals surface area (Å²) in [5.41, 5.74) is 4.57. The number of carbonyl (C=O) groups excluding carboxylic acids is 1. The Kier molecular flexibility index (Phi) is 5.31. The monoisotopic (exact) mass is 404 g/mol. The molecule has 0 aromatic heterocycles. The smallest absolute Gasteiger partial charge is 0.405 e. The Morgan fingerprint density at radius 3 is 2.07 bits per heavy atom. The Labute approximate surface area is 170 Å². The number of rotatable bonds is 4. The lowest BCUT2D eigenvalue weighted by molar-refractivity contribution is -0.274. The summed E-state index contributed by atoms with van der Waals surface area (Å²) in [5.74, 6) is -0.286. The molecule has 0 amide bonds. The van der Waals surface area contributed by atoms with Crippen molar-refractivity contribution < 1.29 is 22.7 Å². The molecule has 0 radical (unpaired) electrons.